The van der Waals surface area contributed by atoms with Crippen LogP contribution in [0.15, 0.2) is 108 Å². The van der Waals surface area contributed by atoms with Gasteiger partial charge in [0.15, 0.2) is 0 Å². The van der Waals surface area contributed by atoms with E-state index in [9.17, 15) is 18.0 Å². The normalized spacial score (nSPS) is 11.9. The number of benzene rings is 4. The Morgan fingerprint density at radius 3 is 2.16 bits per heavy atom. The minimum atomic E-state index is -4.21. The van der Waals surface area contributed by atoms with Gasteiger partial charge in [-0.15, -0.1) is 0 Å². The Labute approximate surface area is 265 Å². The fourth-order valence-electron chi connectivity index (χ4n) is 5.19. The zero-order chi connectivity index (χ0) is 32.4. The van der Waals surface area contributed by atoms with Crippen molar-refractivity contribution in [3.05, 3.63) is 131 Å². The minimum Gasteiger partial charge on any atom is -0.354 e. The summed E-state index contributed by atoms with van der Waals surface area (Å²) in [5.41, 5.74) is 2.97. The molecule has 1 unspecified atom stereocenters. The van der Waals surface area contributed by atoms with E-state index >= 15 is 4.39 Å². The first-order valence-electron chi connectivity index (χ1n) is 15.1. The van der Waals surface area contributed by atoms with Crippen LogP contribution >= 0.6 is 0 Å². The van der Waals surface area contributed by atoms with Gasteiger partial charge in [-0.2, -0.15) is 0 Å². The lowest BCUT2D eigenvalue weighted by atomic mass is 10.0. The number of carbonyl (C=O) groups is 2. The van der Waals surface area contributed by atoms with Gasteiger partial charge in [-0.1, -0.05) is 97.8 Å². The fourth-order valence-corrected chi connectivity index (χ4v) is 6.69. The van der Waals surface area contributed by atoms with Crippen LogP contribution in [0.2, 0.25) is 0 Å². The standard InChI is InChI=1S/C36H40FN3O4S/c1-4-5-22-38-36(42)34(24-29-14-8-6-9-15-29)39(25-30-16-12-13-19-32(30)37)35(41)26-40(33-21-20-27(2)23-28(33)3)45(43,44)31-17-10-7-11-18-31/h6-21,23,34H,4-5,22,24-26H2,1-3H3,(H,38,42). The number of nitrogens with one attached hydrogen (secondary N) is 1. The monoisotopic (exact) mass is 629 g/mol. The molecule has 0 aliphatic heterocycles. The number of hydrogen-bond donors (Lipinski definition) is 1. The largest absolute Gasteiger partial charge is 0.354 e. The van der Waals surface area contributed by atoms with Gasteiger partial charge in [0.05, 0.1) is 10.6 Å². The molecule has 9 heteroatoms. The first kappa shape index (κ1) is 33.4. The van der Waals surface area contributed by atoms with Crippen molar-refractivity contribution in [3.8, 4) is 0 Å². The first-order chi connectivity index (χ1) is 21.6. The first-order valence-corrected chi connectivity index (χ1v) is 16.6. The van der Waals surface area contributed by atoms with Gasteiger partial charge in [0, 0.05) is 25.1 Å². The van der Waals surface area contributed by atoms with Crippen molar-refractivity contribution < 1.29 is 22.4 Å². The molecule has 0 aliphatic rings. The van der Waals surface area contributed by atoms with Gasteiger partial charge in [-0.05, 0) is 55.7 Å². The molecule has 0 spiro atoms. The maximum absolute atomic E-state index is 15.0. The Bertz CT molecular complexity index is 1700. The summed E-state index contributed by atoms with van der Waals surface area (Å²) in [6.07, 6.45) is 1.78. The van der Waals surface area contributed by atoms with Crippen molar-refractivity contribution in [1.82, 2.24) is 10.2 Å². The zero-order valence-electron chi connectivity index (χ0n) is 25.9. The van der Waals surface area contributed by atoms with E-state index in [0.29, 0.717) is 17.8 Å². The summed E-state index contributed by atoms with van der Waals surface area (Å²) in [7, 11) is -4.21. The molecule has 0 fully saturated rings. The second kappa shape index (κ2) is 15.5. The second-order valence-electron chi connectivity index (χ2n) is 11.1. The van der Waals surface area contributed by atoms with Gasteiger partial charge in [-0.25, -0.2) is 12.8 Å². The number of halogens is 1. The van der Waals surface area contributed by atoms with Crippen LogP contribution in [0.25, 0.3) is 0 Å². The highest BCUT2D eigenvalue weighted by atomic mass is 32.2. The molecule has 0 bridgehead atoms. The van der Waals surface area contributed by atoms with E-state index < -0.39 is 34.3 Å². The number of nitrogens with zero attached hydrogens (tertiary/aromatic N) is 2. The third kappa shape index (κ3) is 8.57. The van der Waals surface area contributed by atoms with Gasteiger partial charge in [-0.3, -0.25) is 13.9 Å². The number of carbonyl (C=O) groups excluding carboxylic acids is 2. The number of hydrogen-bond acceptors (Lipinski definition) is 4. The van der Waals surface area contributed by atoms with Crippen molar-refractivity contribution in [3.63, 3.8) is 0 Å². The van der Waals surface area contributed by atoms with Crippen LogP contribution in [-0.2, 0) is 32.6 Å². The lowest BCUT2D eigenvalue weighted by Crippen LogP contribution is -2.53. The molecule has 0 aromatic heterocycles. The van der Waals surface area contributed by atoms with E-state index in [-0.39, 0.29) is 29.3 Å². The summed E-state index contributed by atoms with van der Waals surface area (Å²) in [5, 5.41) is 2.94. The van der Waals surface area contributed by atoms with Crippen molar-refractivity contribution in [2.45, 2.75) is 57.5 Å². The third-order valence-corrected chi connectivity index (χ3v) is 9.40. The molecular formula is C36H40FN3O4S. The van der Waals surface area contributed by atoms with Crippen molar-refractivity contribution >= 4 is 27.5 Å². The lowest BCUT2D eigenvalue weighted by molar-refractivity contribution is -0.140. The van der Waals surface area contributed by atoms with Crippen LogP contribution in [-0.4, -0.2) is 44.3 Å². The predicted molar refractivity (Wildman–Crippen MR) is 176 cm³/mol. The Hall–Kier alpha value is -4.50. The molecule has 1 N–H and O–H groups in total. The smallest absolute Gasteiger partial charge is 0.264 e. The van der Waals surface area contributed by atoms with E-state index in [4.69, 9.17) is 0 Å². The molecule has 2 amide bonds. The molecule has 4 aromatic rings. The average Bonchev–Trinajstić information content (AvgIpc) is 3.03. The van der Waals surface area contributed by atoms with Crippen LogP contribution in [0.1, 0.15) is 42.0 Å². The molecule has 0 saturated heterocycles. The summed E-state index contributed by atoms with van der Waals surface area (Å²) >= 11 is 0. The number of aryl methyl sites for hydroxylation is 2. The molecule has 236 valence electrons. The van der Waals surface area contributed by atoms with E-state index in [1.165, 1.54) is 23.1 Å². The van der Waals surface area contributed by atoms with E-state index in [1.807, 2.05) is 50.2 Å². The summed E-state index contributed by atoms with van der Waals surface area (Å²) in [5.74, 6) is -1.55. The minimum absolute atomic E-state index is 0.0246. The number of anilines is 1. The highest BCUT2D eigenvalue weighted by molar-refractivity contribution is 7.92. The van der Waals surface area contributed by atoms with E-state index in [0.717, 1.165) is 28.3 Å². The lowest BCUT2D eigenvalue weighted by Gasteiger charge is -2.34. The highest BCUT2D eigenvalue weighted by Crippen LogP contribution is 2.28. The third-order valence-electron chi connectivity index (χ3n) is 7.63. The highest BCUT2D eigenvalue weighted by Gasteiger charge is 2.35. The molecule has 4 rings (SSSR count). The van der Waals surface area contributed by atoms with Crippen LogP contribution in [0, 0.1) is 19.7 Å². The summed E-state index contributed by atoms with van der Waals surface area (Å²) in [4.78, 5) is 29.6. The average molecular weight is 630 g/mol. The van der Waals surface area contributed by atoms with Crippen molar-refractivity contribution in [2.75, 3.05) is 17.4 Å². The number of sulfonamides is 1. The van der Waals surface area contributed by atoms with E-state index in [2.05, 4.69) is 5.32 Å². The van der Waals surface area contributed by atoms with Crippen LogP contribution in [0.4, 0.5) is 10.1 Å². The molecule has 45 heavy (non-hydrogen) atoms. The number of amides is 2. The quantitative estimate of drug-likeness (QED) is 0.169. The summed E-state index contributed by atoms with van der Waals surface area (Å²) < 4.78 is 44.4. The summed E-state index contributed by atoms with van der Waals surface area (Å²) in [6.45, 7) is 5.30. The van der Waals surface area contributed by atoms with Gasteiger partial charge in [0.2, 0.25) is 11.8 Å². The van der Waals surface area contributed by atoms with Crippen molar-refractivity contribution in [2.24, 2.45) is 0 Å². The molecular weight excluding hydrogens is 589 g/mol. The van der Waals surface area contributed by atoms with Gasteiger partial charge >= 0.3 is 0 Å². The molecule has 1 atom stereocenters. The fraction of sp³-hybridized carbons (Fsp3) is 0.278. The molecule has 0 radical (unpaired) electrons. The Morgan fingerprint density at radius 1 is 0.867 bits per heavy atom. The number of rotatable bonds is 14. The molecule has 0 aliphatic carbocycles. The SMILES string of the molecule is CCCCNC(=O)C(Cc1ccccc1)N(Cc1ccccc1F)C(=O)CN(c1ccc(C)cc1C)S(=O)(=O)c1ccccc1. The van der Waals surface area contributed by atoms with Gasteiger partial charge < -0.3 is 10.2 Å². The van der Waals surface area contributed by atoms with Crippen LogP contribution in [0.5, 0.6) is 0 Å². The maximum Gasteiger partial charge on any atom is 0.264 e. The van der Waals surface area contributed by atoms with E-state index in [1.54, 1.807) is 55.5 Å². The summed E-state index contributed by atoms with van der Waals surface area (Å²) in [6, 6.07) is 27.6. The molecule has 7 nitrogen and oxygen atoms in total. The van der Waals surface area contributed by atoms with Crippen molar-refractivity contribution in [1.29, 1.82) is 0 Å². The van der Waals surface area contributed by atoms with Crippen LogP contribution < -0.4 is 9.62 Å². The second-order valence-corrected chi connectivity index (χ2v) is 12.9. The zero-order valence-corrected chi connectivity index (χ0v) is 26.8. The Balaban J connectivity index is 1.81. The topological polar surface area (TPSA) is 86.8 Å². The van der Waals surface area contributed by atoms with Gasteiger partial charge in [0.1, 0.15) is 18.4 Å². The Morgan fingerprint density at radius 2 is 1.51 bits per heavy atom. The predicted octanol–water partition coefficient (Wildman–Crippen LogP) is 6.19. The van der Waals surface area contributed by atoms with Crippen LogP contribution in [0.3, 0.4) is 0 Å². The number of unbranched alkanes of at least 4 members (excludes halogenated alkanes) is 1. The maximum atomic E-state index is 15.0. The molecule has 0 heterocycles. The molecule has 4 aromatic carbocycles. The Kier molecular flexibility index (Phi) is 11.5. The molecule has 0 saturated carbocycles. The van der Waals surface area contributed by atoms with Gasteiger partial charge in [0.25, 0.3) is 10.0 Å².